The summed E-state index contributed by atoms with van der Waals surface area (Å²) in [5.74, 6) is 0. The van der Waals surface area contributed by atoms with Crippen molar-refractivity contribution in [2.75, 3.05) is 20.6 Å². The third-order valence-corrected chi connectivity index (χ3v) is 2.44. The van der Waals surface area contributed by atoms with Gasteiger partial charge < -0.3 is 4.90 Å². The Balaban J connectivity index is 2.25. The predicted octanol–water partition coefficient (Wildman–Crippen LogP) is -0.400. The fourth-order valence-corrected chi connectivity index (χ4v) is 1.59. The van der Waals surface area contributed by atoms with E-state index in [9.17, 15) is 0 Å². The van der Waals surface area contributed by atoms with E-state index >= 15 is 0 Å². The molecule has 1 aromatic carbocycles. The van der Waals surface area contributed by atoms with Gasteiger partial charge >= 0.3 is 0 Å². The molecule has 0 bridgehead atoms. The number of fused-ring (bicyclic) bond motifs is 1. The molecule has 0 saturated carbocycles. The van der Waals surface area contributed by atoms with Gasteiger partial charge in [-0.2, -0.15) is 0 Å². The molecule has 0 aliphatic rings. The molecule has 0 unspecified atom stereocenters. The molecule has 0 atom stereocenters. The lowest BCUT2D eigenvalue weighted by Crippen LogP contribution is -3.06. The van der Waals surface area contributed by atoms with E-state index in [4.69, 9.17) is 0 Å². The van der Waals surface area contributed by atoms with Crippen LogP contribution < -0.4 is 9.47 Å². The molecule has 0 aliphatic carbocycles. The molecule has 0 radical (unpaired) electrons. The first-order valence-electron chi connectivity index (χ1n) is 5.02. The normalized spacial score (nSPS) is 11.4. The van der Waals surface area contributed by atoms with E-state index in [0.717, 1.165) is 13.1 Å². The molecule has 2 N–H and O–H groups in total. The summed E-state index contributed by atoms with van der Waals surface area (Å²) < 4.78 is 2.27. The molecule has 0 aliphatic heterocycles. The summed E-state index contributed by atoms with van der Waals surface area (Å²) in [4.78, 5) is 4.74. The molecule has 1 heterocycles. The average molecular weight is 191 g/mol. The van der Waals surface area contributed by atoms with Gasteiger partial charge in [0.05, 0.1) is 14.1 Å². The van der Waals surface area contributed by atoms with Crippen LogP contribution in [0.25, 0.3) is 11.0 Å². The number of H-pyrrole nitrogens is 1. The van der Waals surface area contributed by atoms with Gasteiger partial charge in [-0.3, -0.25) is 0 Å². The van der Waals surface area contributed by atoms with Crippen molar-refractivity contribution >= 4 is 11.0 Å². The second-order valence-corrected chi connectivity index (χ2v) is 3.94. The highest BCUT2D eigenvalue weighted by Crippen LogP contribution is 2.04. The summed E-state index contributed by atoms with van der Waals surface area (Å²) >= 11 is 0. The lowest BCUT2D eigenvalue weighted by Gasteiger charge is -2.04. The standard InChI is InChI=1S/C11H15N3/c1-13(2)7-8-14-9-12-10-5-3-4-6-11(10)14/h3-6,9H,7-8H2,1-2H3/p+2. The molecule has 0 spiro atoms. The van der Waals surface area contributed by atoms with Crippen molar-refractivity contribution in [3.05, 3.63) is 30.6 Å². The number of likely N-dealkylation sites (N-methyl/N-ethyl adjacent to an activating group) is 1. The van der Waals surface area contributed by atoms with Gasteiger partial charge in [-0.15, -0.1) is 0 Å². The van der Waals surface area contributed by atoms with Crippen molar-refractivity contribution < 1.29 is 9.47 Å². The van der Waals surface area contributed by atoms with E-state index in [1.54, 1.807) is 0 Å². The van der Waals surface area contributed by atoms with E-state index in [0.29, 0.717) is 0 Å². The molecule has 14 heavy (non-hydrogen) atoms. The Morgan fingerprint density at radius 3 is 2.86 bits per heavy atom. The largest absolute Gasteiger partial charge is 0.337 e. The number of para-hydroxylation sites is 2. The Bertz CT molecular complexity index is 417. The Morgan fingerprint density at radius 1 is 1.29 bits per heavy atom. The SMILES string of the molecule is C[NH+](C)CC[n+]1c[nH]c2ccccc21. The quantitative estimate of drug-likeness (QED) is 0.617. The van der Waals surface area contributed by atoms with Gasteiger partial charge in [0.1, 0.15) is 13.1 Å². The minimum Gasteiger partial charge on any atom is -0.337 e. The fraction of sp³-hybridized carbons (Fsp3) is 0.364. The highest BCUT2D eigenvalue weighted by molar-refractivity contribution is 5.70. The van der Waals surface area contributed by atoms with Crippen LogP contribution in [0, 0.1) is 0 Å². The molecule has 74 valence electrons. The Morgan fingerprint density at radius 2 is 2.07 bits per heavy atom. The zero-order chi connectivity index (χ0) is 9.97. The number of aromatic amines is 1. The minimum absolute atomic E-state index is 1.06. The van der Waals surface area contributed by atoms with Gasteiger partial charge in [-0.05, 0) is 12.1 Å². The van der Waals surface area contributed by atoms with Crippen molar-refractivity contribution in [2.24, 2.45) is 0 Å². The zero-order valence-corrected chi connectivity index (χ0v) is 8.75. The zero-order valence-electron chi connectivity index (χ0n) is 8.75. The van der Waals surface area contributed by atoms with Gasteiger partial charge in [0.15, 0.2) is 11.0 Å². The number of nitrogens with one attached hydrogen (secondary N) is 2. The first-order valence-corrected chi connectivity index (χ1v) is 5.02. The number of hydrogen-bond donors (Lipinski definition) is 2. The van der Waals surface area contributed by atoms with Crippen LogP contribution in [-0.4, -0.2) is 25.6 Å². The summed E-state index contributed by atoms with van der Waals surface area (Å²) in [6.07, 6.45) is 2.05. The highest BCUT2D eigenvalue weighted by Gasteiger charge is 2.08. The van der Waals surface area contributed by atoms with E-state index in [1.807, 2.05) is 6.33 Å². The predicted molar refractivity (Wildman–Crippen MR) is 56.2 cm³/mol. The lowest BCUT2D eigenvalue weighted by atomic mass is 10.3. The third kappa shape index (κ3) is 1.77. The molecule has 2 rings (SSSR count). The van der Waals surface area contributed by atoms with Crippen LogP contribution >= 0.6 is 0 Å². The summed E-state index contributed by atoms with van der Waals surface area (Å²) in [7, 11) is 4.35. The maximum Gasteiger partial charge on any atom is 0.242 e. The maximum atomic E-state index is 3.27. The van der Waals surface area contributed by atoms with Gasteiger partial charge in [0, 0.05) is 0 Å². The van der Waals surface area contributed by atoms with E-state index in [1.165, 1.54) is 15.9 Å². The summed E-state index contributed by atoms with van der Waals surface area (Å²) in [5, 5.41) is 0. The van der Waals surface area contributed by atoms with Crippen LogP contribution in [0.5, 0.6) is 0 Å². The second-order valence-electron chi connectivity index (χ2n) is 3.94. The van der Waals surface area contributed by atoms with Crippen LogP contribution in [0.4, 0.5) is 0 Å². The number of benzene rings is 1. The third-order valence-electron chi connectivity index (χ3n) is 2.44. The topological polar surface area (TPSA) is 24.1 Å². The molecule has 3 nitrogen and oxygen atoms in total. The maximum absolute atomic E-state index is 3.27. The second kappa shape index (κ2) is 3.80. The number of quaternary nitrogens is 1. The van der Waals surface area contributed by atoms with E-state index in [2.05, 4.69) is 47.9 Å². The monoisotopic (exact) mass is 191 g/mol. The number of aromatic nitrogens is 2. The van der Waals surface area contributed by atoms with Crippen molar-refractivity contribution in [1.29, 1.82) is 0 Å². The lowest BCUT2D eigenvalue weighted by molar-refractivity contribution is -0.880. The Labute approximate surface area is 84.0 Å². The van der Waals surface area contributed by atoms with Crippen molar-refractivity contribution in [3.63, 3.8) is 0 Å². The smallest absolute Gasteiger partial charge is 0.242 e. The molecule has 0 fully saturated rings. The number of rotatable bonds is 3. The van der Waals surface area contributed by atoms with Crippen molar-refractivity contribution in [3.8, 4) is 0 Å². The molecule has 0 amide bonds. The molecular weight excluding hydrogens is 174 g/mol. The first-order chi connectivity index (χ1) is 6.77. The van der Waals surface area contributed by atoms with Crippen LogP contribution in [0.1, 0.15) is 0 Å². The van der Waals surface area contributed by atoms with Crippen molar-refractivity contribution in [1.82, 2.24) is 4.98 Å². The van der Waals surface area contributed by atoms with Crippen LogP contribution in [0.15, 0.2) is 30.6 Å². The van der Waals surface area contributed by atoms with Gasteiger partial charge in [-0.1, -0.05) is 12.1 Å². The highest BCUT2D eigenvalue weighted by atomic mass is 15.1. The summed E-state index contributed by atoms with van der Waals surface area (Å²) in [6, 6.07) is 8.39. The van der Waals surface area contributed by atoms with Crippen LogP contribution in [-0.2, 0) is 6.54 Å². The molecule has 0 saturated heterocycles. The molecular formula is C11H17N3+2. The first kappa shape index (κ1) is 9.21. The fourth-order valence-electron chi connectivity index (χ4n) is 1.59. The minimum atomic E-state index is 1.06. The number of hydrogen-bond acceptors (Lipinski definition) is 0. The summed E-state index contributed by atoms with van der Waals surface area (Å²) in [5.41, 5.74) is 2.50. The number of nitrogens with zero attached hydrogens (tertiary/aromatic N) is 1. The van der Waals surface area contributed by atoms with Crippen LogP contribution in [0.2, 0.25) is 0 Å². The van der Waals surface area contributed by atoms with Gasteiger partial charge in [0.2, 0.25) is 6.33 Å². The van der Waals surface area contributed by atoms with Gasteiger partial charge in [-0.25, -0.2) is 9.55 Å². The Kier molecular flexibility index (Phi) is 2.50. The van der Waals surface area contributed by atoms with Crippen molar-refractivity contribution in [2.45, 2.75) is 6.54 Å². The summed E-state index contributed by atoms with van der Waals surface area (Å²) in [6.45, 7) is 2.21. The van der Waals surface area contributed by atoms with Gasteiger partial charge in [0.25, 0.3) is 0 Å². The molecule has 1 aromatic heterocycles. The average Bonchev–Trinajstić information content (AvgIpc) is 2.58. The number of imidazole rings is 1. The molecule has 2 aromatic rings. The molecule has 3 heteroatoms. The van der Waals surface area contributed by atoms with E-state index < -0.39 is 0 Å². The van der Waals surface area contributed by atoms with Crippen LogP contribution in [0.3, 0.4) is 0 Å². The van der Waals surface area contributed by atoms with E-state index in [-0.39, 0.29) is 0 Å². The Hall–Kier alpha value is -1.35.